The maximum atomic E-state index is 11.1. The van der Waals surface area contributed by atoms with E-state index in [9.17, 15) is 8.42 Å². The van der Waals surface area contributed by atoms with Crippen molar-refractivity contribution in [3.8, 4) is 0 Å². The van der Waals surface area contributed by atoms with E-state index in [1.165, 1.54) is 24.3 Å². The zero-order valence-corrected chi connectivity index (χ0v) is 7.27. The molecule has 7 heteroatoms. The van der Waals surface area contributed by atoms with Crippen LogP contribution in [0.4, 0.5) is 5.69 Å². The first-order valence-corrected chi connectivity index (χ1v) is 4.67. The molecule has 0 fully saturated rings. The van der Waals surface area contributed by atoms with Crippen molar-refractivity contribution in [3.63, 3.8) is 0 Å². The summed E-state index contributed by atoms with van der Waals surface area (Å²) in [6.45, 7) is 0. The average Bonchev–Trinajstić information content (AvgIpc) is 2.05. The molecule has 2 N–H and O–H groups in total. The fourth-order valence-corrected chi connectivity index (χ4v) is 1.41. The first-order valence-electron chi connectivity index (χ1n) is 3.23. The Bertz CT molecular complexity index is 444. The molecule has 0 aliphatic carbocycles. The summed E-state index contributed by atoms with van der Waals surface area (Å²) < 4.78 is 24.8. The highest BCUT2D eigenvalue weighted by Gasteiger charge is 2.10. The van der Waals surface area contributed by atoms with E-state index in [0.717, 1.165) is 0 Å². The Morgan fingerprint density at radius 2 is 1.85 bits per heavy atom. The summed E-state index contributed by atoms with van der Waals surface area (Å²) in [5.74, 6) is 0. The molecule has 1 aromatic rings. The number of hydrogen-bond acceptors (Lipinski definition) is 3. The largest absolute Gasteiger partial charge is 0.399 e. The predicted molar refractivity (Wildman–Crippen MR) is 47.2 cm³/mol. The Hall–Kier alpha value is -1.72. The Morgan fingerprint density at radius 1 is 1.31 bits per heavy atom. The summed E-state index contributed by atoms with van der Waals surface area (Å²) in [5, 5.41) is 0. The Balaban J connectivity index is 3.24. The fraction of sp³-hybridized carbons (Fsp3) is 0. The van der Waals surface area contributed by atoms with Crippen LogP contribution in [0.2, 0.25) is 0 Å². The molecule has 0 radical (unpaired) electrons. The summed E-state index contributed by atoms with van der Waals surface area (Å²) in [6, 6.07) is 5.39. The number of hydrogen-bond donors (Lipinski definition) is 1. The minimum atomic E-state index is -3.87. The van der Waals surface area contributed by atoms with E-state index in [2.05, 4.69) is 9.43 Å². The molecule has 1 rings (SSSR count). The average molecular weight is 198 g/mol. The van der Waals surface area contributed by atoms with E-state index in [0.29, 0.717) is 5.69 Å². The molecule has 1 aromatic carbocycles. The molecule has 0 amide bonds. The Labute approximate surface area is 74.7 Å². The van der Waals surface area contributed by atoms with Crippen molar-refractivity contribution in [2.75, 3.05) is 5.73 Å². The number of anilines is 1. The summed E-state index contributed by atoms with van der Waals surface area (Å²) in [6.07, 6.45) is 0. The molecule has 0 atom stereocenters. The van der Waals surface area contributed by atoms with Crippen molar-refractivity contribution in [3.05, 3.63) is 34.7 Å². The second kappa shape index (κ2) is 3.34. The van der Waals surface area contributed by atoms with Gasteiger partial charge in [0.1, 0.15) is 0 Å². The summed E-state index contributed by atoms with van der Waals surface area (Å²) in [4.78, 5) is 2.14. The third kappa shape index (κ3) is 2.11. The summed E-state index contributed by atoms with van der Waals surface area (Å²) >= 11 is 0. The molecule has 0 aliphatic heterocycles. The zero-order valence-electron chi connectivity index (χ0n) is 6.45. The van der Waals surface area contributed by atoms with Crippen LogP contribution in [0.1, 0.15) is 0 Å². The van der Waals surface area contributed by atoms with E-state index in [1.54, 1.807) is 0 Å². The number of nitrogens with two attached hydrogens (primary N) is 1. The molecule has 0 saturated heterocycles. The van der Waals surface area contributed by atoms with Crippen LogP contribution < -0.4 is 5.73 Å². The van der Waals surface area contributed by atoms with Crippen molar-refractivity contribution in [1.29, 1.82) is 0 Å². The molecule has 6 nitrogen and oxygen atoms in total. The van der Waals surface area contributed by atoms with Gasteiger partial charge in [0, 0.05) is 15.1 Å². The second-order valence-electron chi connectivity index (χ2n) is 2.22. The molecule has 0 bridgehead atoms. The molecule has 0 unspecified atom stereocenters. The molecule has 13 heavy (non-hydrogen) atoms. The smallest absolute Gasteiger partial charge is 0.264 e. The first-order chi connectivity index (χ1) is 6.06. The van der Waals surface area contributed by atoms with E-state index in [4.69, 9.17) is 11.3 Å². The molecule has 0 saturated carbocycles. The van der Waals surface area contributed by atoms with E-state index in [-0.39, 0.29) is 4.90 Å². The standard InChI is InChI=1S/C6H6N4O2S/c7-5-1-3-6(4-2-5)13(11,12)10-9-8/h1-4H,7H2. The molecule has 0 spiro atoms. The highest BCUT2D eigenvalue weighted by Crippen LogP contribution is 2.13. The van der Waals surface area contributed by atoms with Gasteiger partial charge in [0.15, 0.2) is 0 Å². The van der Waals surface area contributed by atoms with Crippen LogP contribution in [0, 0.1) is 0 Å². The highest BCUT2D eigenvalue weighted by molar-refractivity contribution is 7.90. The van der Waals surface area contributed by atoms with Gasteiger partial charge in [-0.15, -0.1) is 0 Å². The van der Waals surface area contributed by atoms with Crippen LogP contribution in [-0.2, 0) is 10.0 Å². The van der Waals surface area contributed by atoms with Crippen molar-refractivity contribution < 1.29 is 8.42 Å². The third-order valence-corrected chi connectivity index (χ3v) is 2.48. The minimum Gasteiger partial charge on any atom is -0.399 e. The zero-order chi connectivity index (χ0) is 9.90. The normalized spacial score (nSPS) is 10.5. The van der Waals surface area contributed by atoms with E-state index >= 15 is 0 Å². The van der Waals surface area contributed by atoms with Crippen molar-refractivity contribution in [2.45, 2.75) is 4.90 Å². The molecule has 0 heterocycles. The number of sulfonamides is 1. The highest BCUT2D eigenvalue weighted by atomic mass is 32.2. The number of rotatable bonds is 2. The first kappa shape index (κ1) is 9.37. The SMILES string of the molecule is [N-]=[N+]=NS(=O)(=O)c1ccc(N)cc1. The van der Waals surface area contributed by atoms with Crippen LogP contribution in [0.3, 0.4) is 0 Å². The van der Waals surface area contributed by atoms with Crippen molar-refractivity contribution >= 4 is 15.7 Å². The lowest BCUT2D eigenvalue weighted by Gasteiger charge is -1.96. The van der Waals surface area contributed by atoms with Crippen molar-refractivity contribution in [1.82, 2.24) is 0 Å². The van der Waals surface area contributed by atoms with Gasteiger partial charge in [-0.25, -0.2) is 8.42 Å². The molecular formula is C6H6N4O2S. The van der Waals surface area contributed by atoms with Gasteiger partial charge in [-0.05, 0) is 29.8 Å². The molecule has 0 aliphatic rings. The fourth-order valence-electron chi connectivity index (χ4n) is 0.735. The quantitative estimate of drug-likeness (QED) is 0.334. The van der Waals surface area contributed by atoms with Crippen LogP contribution in [-0.4, -0.2) is 8.42 Å². The number of nitrogens with zero attached hydrogens (tertiary/aromatic N) is 3. The maximum absolute atomic E-state index is 11.1. The van der Waals surface area contributed by atoms with E-state index < -0.39 is 10.0 Å². The van der Waals surface area contributed by atoms with Gasteiger partial charge in [0.2, 0.25) is 0 Å². The van der Waals surface area contributed by atoms with E-state index in [1.807, 2.05) is 0 Å². The lowest BCUT2D eigenvalue weighted by Crippen LogP contribution is -1.95. The second-order valence-corrected chi connectivity index (χ2v) is 3.80. The van der Waals surface area contributed by atoms with Gasteiger partial charge in [-0.3, -0.25) is 0 Å². The molecule has 0 aromatic heterocycles. The van der Waals surface area contributed by atoms with Crippen molar-refractivity contribution in [2.24, 2.45) is 4.52 Å². The maximum Gasteiger partial charge on any atom is 0.264 e. The topological polar surface area (TPSA) is 109 Å². The van der Waals surface area contributed by atoms with Gasteiger partial charge < -0.3 is 5.73 Å². The van der Waals surface area contributed by atoms with Crippen LogP contribution in [0.5, 0.6) is 0 Å². The van der Waals surface area contributed by atoms with Gasteiger partial charge in [0.25, 0.3) is 10.0 Å². The Kier molecular flexibility index (Phi) is 2.41. The van der Waals surface area contributed by atoms with Crippen LogP contribution in [0.15, 0.2) is 33.7 Å². The number of benzene rings is 1. The minimum absolute atomic E-state index is 0.0699. The van der Waals surface area contributed by atoms with Crippen LogP contribution in [0.25, 0.3) is 10.4 Å². The molecule has 68 valence electrons. The Morgan fingerprint density at radius 3 is 2.31 bits per heavy atom. The molecular weight excluding hydrogens is 192 g/mol. The lowest BCUT2D eigenvalue weighted by molar-refractivity contribution is 0.597. The van der Waals surface area contributed by atoms with Crippen LogP contribution >= 0.6 is 0 Å². The predicted octanol–water partition coefficient (Wildman–Crippen LogP) is 1.27. The number of azide groups is 1. The van der Waals surface area contributed by atoms with Gasteiger partial charge in [-0.2, -0.15) is 0 Å². The van der Waals surface area contributed by atoms with Gasteiger partial charge >= 0.3 is 0 Å². The van der Waals surface area contributed by atoms with Gasteiger partial charge in [0.05, 0.1) is 4.90 Å². The lowest BCUT2D eigenvalue weighted by atomic mass is 10.3. The third-order valence-electron chi connectivity index (χ3n) is 1.32. The summed E-state index contributed by atoms with van der Waals surface area (Å²) in [7, 11) is -3.87. The summed E-state index contributed by atoms with van der Waals surface area (Å²) in [5.41, 5.74) is 13.8. The van der Waals surface area contributed by atoms with Gasteiger partial charge in [-0.1, -0.05) is 0 Å². The monoisotopic (exact) mass is 198 g/mol. The number of nitrogen functional groups attached to an aromatic ring is 1.